The van der Waals surface area contributed by atoms with E-state index in [0.29, 0.717) is 29.7 Å². The predicted molar refractivity (Wildman–Crippen MR) is 115 cm³/mol. The molecular formula is C23H25NO5S. The molecule has 3 aromatic rings. The van der Waals surface area contributed by atoms with E-state index < -0.39 is 9.84 Å². The van der Waals surface area contributed by atoms with Gasteiger partial charge >= 0.3 is 0 Å². The van der Waals surface area contributed by atoms with Gasteiger partial charge in [-0.3, -0.25) is 4.79 Å². The fourth-order valence-corrected chi connectivity index (χ4v) is 4.93. The molecule has 1 saturated heterocycles. The number of benzene rings is 2. The zero-order valence-electron chi connectivity index (χ0n) is 17.1. The van der Waals surface area contributed by atoms with E-state index in [4.69, 9.17) is 9.15 Å². The molecule has 0 spiro atoms. The van der Waals surface area contributed by atoms with Crippen LogP contribution in [0.4, 0.5) is 0 Å². The molecule has 4 rings (SSSR count). The maximum atomic E-state index is 13.5. The lowest BCUT2D eigenvalue weighted by atomic mass is 10.0. The van der Waals surface area contributed by atoms with Crippen LogP contribution in [0, 0.1) is 0 Å². The highest BCUT2D eigenvalue weighted by Crippen LogP contribution is 2.36. The van der Waals surface area contributed by atoms with E-state index in [1.54, 1.807) is 17.0 Å². The Balaban J connectivity index is 1.69. The first-order valence-electron chi connectivity index (χ1n) is 10.1. The van der Waals surface area contributed by atoms with Crippen LogP contribution in [0.2, 0.25) is 0 Å². The van der Waals surface area contributed by atoms with Crippen LogP contribution >= 0.6 is 0 Å². The number of ether oxygens (including phenoxy) is 1. The summed E-state index contributed by atoms with van der Waals surface area (Å²) in [5.41, 5.74) is 2.00. The Bertz CT molecular complexity index is 1160. The molecule has 1 atom stereocenters. The molecule has 7 heteroatoms. The van der Waals surface area contributed by atoms with Gasteiger partial charge < -0.3 is 14.1 Å². The normalized spacial score (nSPS) is 16.9. The summed E-state index contributed by atoms with van der Waals surface area (Å²) in [6.07, 6.45) is 2.90. The number of furan rings is 1. The van der Waals surface area contributed by atoms with E-state index in [1.807, 2.05) is 43.3 Å². The van der Waals surface area contributed by atoms with Gasteiger partial charge in [-0.25, -0.2) is 8.42 Å². The van der Waals surface area contributed by atoms with E-state index in [1.165, 1.54) is 6.26 Å². The first-order chi connectivity index (χ1) is 14.4. The van der Waals surface area contributed by atoms with Gasteiger partial charge in [0.05, 0.1) is 18.4 Å². The second-order valence-electron chi connectivity index (χ2n) is 7.63. The third kappa shape index (κ3) is 4.07. The second-order valence-corrected chi connectivity index (χ2v) is 9.77. The second kappa shape index (κ2) is 8.14. The van der Waals surface area contributed by atoms with Gasteiger partial charge in [0.1, 0.15) is 11.3 Å². The minimum Gasteiger partial charge on any atom is -0.494 e. The summed E-state index contributed by atoms with van der Waals surface area (Å²) in [6.45, 7) is 3.14. The van der Waals surface area contributed by atoms with Gasteiger partial charge in [-0.05, 0) is 43.5 Å². The summed E-state index contributed by atoms with van der Waals surface area (Å²) in [6, 6.07) is 14.9. The van der Waals surface area contributed by atoms with E-state index in [0.717, 1.165) is 24.2 Å². The molecule has 1 aliphatic rings. The summed E-state index contributed by atoms with van der Waals surface area (Å²) >= 11 is 0. The van der Waals surface area contributed by atoms with Gasteiger partial charge in [-0.2, -0.15) is 0 Å². The van der Waals surface area contributed by atoms with Crippen LogP contribution in [0.5, 0.6) is 5.75 Å². The van der Waals surface area contributed by atoms with Crippen LogP contribution in [0.3, 0.4) is 0 Å². The van der Waals surface area contributed by atoms with Gasteiger partial charge in [-0.15, -0.1) is 0 Å². The summed E-state index contributed by atoms with van der Waals surface area (Å²) in [5, 5.41) is 0.670. The average molecular weight is 428 g/mol. The predicted octanol–water partition coefficient (Wildman–Crippen LogP) is 4.35. The number of hydrogen-bond donors (Lipinski definition) is 0. The molecule has 158 valence electrons. The van der Waals surface area contributed by atoms with Crippen molar-refractivity contribution in [1.82, 2.24) is 4.90 Å². The fraction of sp³-hybridized carbons (Fsp3) is 0.348. The molecule has 0 aliphatic carbocycles. The lowest BCUT2D eigenvalue weighted by Crippen LogP contribution is -2.31. The van der Waals surface area contributed by atoms with Crippen molar-refractivity contribution in [2.24, 2.45) is 0 Å². The first-order valence-corrected chi connectivity index (χ1v) is 12.2. The molecule has 6 nitrogen and oxygen atoms in total. The van der Waals surface area contributed by atoms with Crippen molar-refractivity contribution >= 4 is 26.7 Å². The van der Waals surface area contributed by atoms with Crippen LogP contribution in [0.1, 0.15) is 47.5 Å². The highest BCUT2D eigenvalue weighted by molar-refractivity contribution is 7.89. The Kier molecular flexibility index (Phi) is 5.56. The molecule has 0 N–H and O–H groups in total. The zero-order valence-corrected chi connectivity index (χ0v) is 17.9. The Morgan fingerprint density at radius 1 is 1.17 bits per heavy atom. The molecular weight excluding hydrogens is 402 g/mol. The maximum absolute atomic E-state index is 13.5. The quantitative estimate of drug-likeness (QED) is 0.584. The molecule has 2 aromatic carbocycles. The molecule has 0 radical (unpaired) electrons. The summed E-state index contributed by atoms with van der Waals surface area (Å²) in [7, 11) is -3.34. The monoisotopic (exact) mass is 427 g/mol. The molecule has 1 fully saturated rings. The van der Waals surface area contributed by atoms with Crippen LogP contribution in [-0.2, 0) is 15.6 Å². The number of hydrogen-bond acceptors (Lipinski definition) is 5. The van der Waals surface area contributed by atoms with Gasteiger partial charge in [0.25, 0.3) is 5.91 Å². The lowest BCUT2D eigenvalue weighted by molar-refractivity contribution is 0.0704. The number of rotatable bonds is 6. The number of likely N-dealkylation sites (tertiary alicyclic amines) is 1. The highest BCUT2D eigenvalue weighted by atomic mass is 32.2. The smallest absolute Gasteiger partial charge is 0.290 e. The largest absolute Gasteiger partial charge is 0.494 e. The molecule has 0 bridgehead atoms. The number of sulfone groups is 1. The molecule has 2 heterocycles. The Morgan fingerprint density at radius 2 is 1.90 bits per heavy atom. The fourth-order valence-electron chi connectivity index (χ4n) is 4.12. The number of amides is 1. The van der Waals surface area contributed by atoms with Crippen molar-refractivity contribution in [3.63, 3.8) is 0 Å². The summed E-state index contributed by atoms with van der Waals surface area (Å²) < 4.78 is 35.5. The van der Waals surface area contributed by atoms with Crippen molar-refractivity contribution in [2.75, 3.05) is 19.4 Å². The lowest BCUT2D eigenvalue weighted by Gasteiger charge is -2.25. The SMILES string of the molecule is CCOc1ccc(C2CCCN2C(=O)c2oc3ccccc3c2CS(C)(=O)=O)cc1. The van der Waals surface area contributed by atoms with Crippen LogP contribution in [0.25, 0.3) is 11.0 Å². The summed E-state index contributed by atoms with van der Waals surface area (Å²) in [5.74, 6) is 0.428. The number of carbonyl (C=O) groups is 1. The minimum atomic E-state index is -3.34. The third-order valence-corrected chi connectivity index (χ3v) is 6.20. The van der Waals surface area contributed by atoms with Crippen LogP contribution in [-0.4, -0.2) is 38.6 Å². The van der Waals surface area contributed by atoms with Crippen molar-refractivity contribution in [3.8, 4) is 5.75 Å². The van der Waals surface area contributed by atoms with E-state index in [-0.39, 0.29) is 23.5 Å². The third-order valence-electron chi connectivity index (χ3n) is 5.39. The Morgan fingerprint density at radius 3 is 2.60 bits per heavy atom. The van der Waals surface area contributed by atoms with Gasteiger partial charge in [0.2, 0.25) is 0 Å². The van der Waals surface area contributed by atoms with Crippen LogP contribution < -0.4 is 4.74 Å². The van der Waals surface area contributed by atoms with Gasteiger partial charge in [-0.1, -0.05) is 30.3 Å². The average Bonchev–Trinajstić information content (AvgIpc) is 3.33. The van der Waals surface area contributed by atoms with Crippen molar-refractivity contribution in [2.45, 2.75) is 31.6 Å². The van der Waals surface area contributed by atoms with Gasteiger partial charge in [0, 0.05) is 23.8 Å². The van der Waals surface area contributed by atoms with E-state index in [9.17, 15) is 13.2 Å². The van der Waals surface area contributed by atoms with Crippen molar-refractivity contribution in [1.29, 1.82) is 0 Å². The topological polar surface area (TPSA) is 76.8 Å². The van der Waals surface area contributed by atoms with Crippen LogP contribution in [0.15, 0.2) is 52.9 Å². The Labute approximate surface area is 176 Å². The highest BCUT2D eigenvalue weighted by Gasteiger charge is 2.34. The first kappa shape index (κ1) is 20.5. The number of fused-ring (bicyclic) bond motifs is 1. The summed E-state index contributed by atoms with van der Waals surface area (Å²) in [4.78, 5) is 15.3. The zero-order chi connectivity index (χ0) is 21.3. The molecule has 30 heavy (non-hydrogen) atoms. The number of nitrogens with zero attached hydrogens (tertiary/aromatic N) is 1. The molecule has 1 aromatic heterocycles. The number of para-hydroxylation sites is 1. The van der Waals surface area contributed by atoms with Crippen molar-refractivity contribution < 1.29 is 22.4 Å². The van der Waals surface area contributed by atoms with E-state index >= 15 is 0 Å². The molecule has 1 amide bonds. The molecule has 1 unspecified atom stereocenters. The molecule has 0 saturated carbocycles. The van der Waals surface area contributed by atoms with E-state index in [2.05, 4.69) is 0 Å². The van der Waals surface area contributed by atoms with Gasteiger partial charge in [0.15, 0.2) is 15.6 Å². The molecule has 1 aliphatic heterocycles. The number of carbonyl (C=O) groups excluding carboxylic acids is 1. The minimum absolute atomic E-state index is 0.0764. The Hall–Kier alpha value is -2.80. The maximum Gasteiger partial charge on any atom is 0.290 e. The van der Waals surface area contributed by atoms with Crippen molar-refractivity contribution in [3.05, 3.63) is 65.4 Å². The standard InChI is InChI=1S/C23H25NO5S/c1-3-28-17-12-10-16(11-13-17)20-8-6-14-24(20)23(25)22-19(15-30(2,26)27)18-7-4-5-9-21(18)29-22/h4-5,7,9-13,20H,3,6,8,14-15H2,1-2H3.